The molecule has 6 heteroatoms. The van der Waals surface area contributed by atoms with Gasteiger partial charge in [0.05, 0.1) is 17.1 Å². The molecule has 1 aromatic carbocycles. The van der Waals surface area contributed by atoms with Crippen LogP contribution in [0.25, 0.3) is 11.8 Å². The molecule has 2 heterocycles. The molecule has 0 fully saturated rings. The van der Waals surface area contributed by atoms with Gasteiger partial charge in [0, 0.05) is 13.2 Å². The van der Waals surface area contributed by atoms with Crippen molar-refractivity contribution in [2.75, 3.05) is 0 Å². The number of nitrogens with zero attached hydrogens (tertiary/aromatic N) is 5. The van der Waals surface area contributed by atoms with Crippen LogP contribution >= 0.6 is 0 Å². The van der Waals surface area contributed by atoms with E-state index >= 15 is 0 Å². The van der Waals surface area contributed by atoms with Crippen LogP contribution in [-0.4, -0.2) is 30.6 Å². The molecule has 0 N–H and O–H groups in total. The first-order chi connectivity index (χ1) is 11.1. The molecule has 0 bridgehead atoms. The summed E-state index contributed by atoms with van der Waals surface area (Å²) in [6.45, 7) is 3.86. The van der Waals surface area contributed by atoms with Crippen molar-refractivity contribution in [1.82, 2.24) is 24.8 Å². The zero-order valence-corrected chi connectivity index (χ0v) is 13.3. The van der Waals surface area contributed by atoms with E-state index in [-0.39, 0.29) is 5.78 Å². The molecule has 0 radical (unpaired) electrons. The van der Waals surface area contributed by atoms with E-state index in [1.807, 2.05) is 51.2 Å². The number of benzene rings is 1. The van der Waals surface area contributed by atoms with Gasteiger partial charge in [-0.25, -0.2) is 4.68 Å². The number of rotatable bonds is 4. The fourth-order valence-electron chi connectivity index (χ4n) is 2.28. The van der Waals surface area contributed by atoms with Crippen molar-refractivity contribution in [3.05, 3.63) is 65.2 Å². The number of hydrogen-bond donors (Lipinski definition) is 0. The van der Waals surface area contributed by atoms with Crippen LogP contribution in [0.15, 0.2) is 42.6 Å². The van der Waals surface area contributed by atoms with E-state index in [0.29, 0.717) is 11.4 Å². The predicted octanol–water partition coefficient (Wildman–Crippen LogP) is 2.51. The highest BCUT2D eigenvalue weighted by Gasteiger charge is 2.15. The summed E-state index contributed by atoms with van der Waals surface area (Å²) < 4.78 is 3.37. The van der Waals surface area contributed by atoms with E-state index in [1.54, 1.807) is 21.6 Å². The Morgan fingerprint density at radius 3 is 2.52 bits per heavy atom. The highest BCUT2D eigenvalue weighted by Crippen LogP contribution is 2.14. The van der Waals surface area contributed by atoms with Gasteiger partial charge < -0.3 is 0 Å². The first-order valence-corrected chi connectivity index (χ1v) is 7.26. The Morgan fingerprint density at radius 2 is 1.87 bits per heavy atom. The monoisotopic (exact) mass is 307 g/mol. The van der Waals surface area contributed by atoms with Crippen LogP contribution in [0.1, 0.15) is 27.4 Å². The lowest BCUT2D eigenvalue weighted by Gasteiger charge is -2.03. The van der Waals surface area contributed by atoms with Gasteiger partial charge in [-0.15, -0.1) is 5.10 Å². The van der Waals surface area contributed by atoms with Gasteiger partial charge in [-0.3, -0.25) is 9.48 Å². The molecular weight excluding hydrogens is 290 g/mol. The Hall–Kier alpha value is -3.02. The Kier molecular flexibility index (Phi) is 3.89. The third-order valence-electron chi connectivity index (χ3n) is 3.67. The number of ketones is 1. The lowest BCUT2D eigenvalue weighted by Crippen LogP contribution is -2.02. The maximum atomic E-state index is 12.3. The van der Waals surface area contributed by atoms with E-state index in [1.165, 1.54) is 11.6 Å². The topological polar surface area (TPSA) is 65.6 Å². The third-order valence-corrected chi connectivity index (χ3v) is 3.67. The van der Waals surface area contributed by atoms with E-state index in [9.17, 15) is 4.79 Å². The van der Waals surface area contributed by atoms with Gasteiger partial charge in [0.15, 0.2) is 5.69 Å². The Bertz CT molecular complexity index is 871. The minimum atomic E-state index is -0.179. The van der Waals surface area contributed by atoms with Crippen LogP contribution in [0, 0.1) is 13.8 Å². The van der Waals surface area contributed by atoms with Crippen molar-refractivity contribution >= 4 is 11.9 Å². The summed E-state index contributed by atoms with van der Waals surface area (Å²) in [5.41, 5.74) is 3.97. The Morgan fingerprint density at radius 1 is 1.13 bits per heavy atom. The molecule has 3 rings (SSSR count). The number of aromatic nitrogens is 5. The minimum absolute atomic E-state index is 0.179. The lowest BCUT2D eigenvalue weighted by atomic mass is 10.2. The predicted molar refractivity (Wildman–Crippen MR) is 87.4 cm³/mol. The van der Waals surface area contributed by atoms with Gasteiger partial charge in [-0.05, 0) is 44.2 Å². The second-order valence-corrected chi connectivity index (χ2v) is 5.35. The average molecular weight is 307 g/mol. The number of allylic oxidation sites excluding steroid dienone is 1. The maximum Gasteiger partial charge on any atom is 0.208 e. The summed E-state index contributed by atoms with van der Waals surface area (Å²) in [6, 6.07) is 9.74. The molecule has 0 aliphatic rings. The molecule has 3 aromatic rings. The molecule has 0 spiro atoms. The van der Waals surface area contributed by atoms with E-state index in [2.05, 4.69) is 15.4 Å². The smallest absolute Gasteiger partial charge is 0.208 e. The van der Waals surface area contributed by atoms with E-state index in [4.69, 9.17) is 0 Å². The molecule has 0 saturated carbocycles. The van der Waals surface area contributed by atoms with Crippen molar-refractivity contribution in [1.29, 1.82) is 0 Å². The molecule has 0 aliphatic heterocycles. The third kappa shape index (κ3) is 2.96. The Labute approximate surface area is 134 Å². The normalized spacial score (nSPS) is 11.3. The highest BCUT2D eigenvalue weighted by molar-refractivity contribution is 6.06. The molecule has 0 atom stereocenters. The number of carbonyl (C=O) groups excluding carboxylic acids is 1. The molecule has 0 amide bonds. The first kappa shape index (κ1) is 14.9. The maximum absolute atomic E-state index is 12.3. The first-order valence-electron chi connectivity index (χ1n) is 7.26. The van der Waals surface area contributed by atoms with Gasteiger partial charge >= 0.3 is 0 Å². The minimum Gasteiger partial charge on any atom is -0.287 e. The SMILES string of the molecule is Cc1ccc(-n2nnc(C(=O)/C=C/c3ccnn3C)c2C)cc1. The lowest BCUT2D eigenvalue weighted by molar-refractivity contribution is 0.104. The molecule has 0 aliphatic carbocycles. The standard InChI is InChI=1S/C17H17N5O/c1-12-4-6-15(7-5-12)22-13(2)17(19-20-22)16(23)9-8-14-10-11-18-21(14)3/h4-11H,1-3H3/b9-8+. The summed E-state index contributed by atoms with van der Waals surface area (Å²) in [6.07, 6.45) is 4.90. The summed E-state index contributed by atoms with van der Waals surface area (Å²) >= 11 is 0. The molecule has 0 saturated heterocycles. The fraction of sp³-hybridized carbons (Fsp3) is 0.176. The second-order valence-electron chi connectivity index (χ2n) is 5.35. The van der Waals surface area contributed by atoms with Crippen LogP contribution in [0.2, 0.25) is 0 Å². The summed E-state index contributed by atoms with van der Waals surface area (Å²) in [4.78, 5) is 12.3. The second kappa shape index (κ2) is 6.00. The largest absolute Gasteiger partial charge is 0.287 e. The summed E-state index contributed by atoms with van der Waals surface area (Å²) in [7, 11) is 1.82. The quantitative estimate of drug-likeness (QED) is 0.549. The molecule has 2 aromatic heterocycles. The summed E-state index contributed by atoms with van der Waals surface area (Å²) in [5, 5.41) is 12.2. The average Bonchev–Trinajstić information content (AvgIpc) is 3.12. The summed E-state index contributed by atoms with van der Waals surface area (Å²) in [5.74, 6) is -0.179. The van der Waals surface area contributed by atoms with Crippen LogP contribution < -0.4 is 0 Å². The van der Waals surface area contributed by atoms with Crippen molar-refractivity contribution < 1.29 is 4.79 Å². The zero-order valence-electron chi connectivity index (χ0n) is 13.3. The van der Waals surface area contributed by atoms with Gasteiger partial charge in [0.1, 0.15) is 0 Å². The van der Waals surface area contributed by atoms with E-state index in [0.717, 1.165) is 11.4 Å². The van der Waals surface area contributed by atoms with Crippen LogP contribution in [-0.2, 0) is 7.05 Å². The fourth-order valence-corrected chi connectivity index (χ4v) is 2.28. The van der Waals surface area contributed by atoms with Crippen molar-refractivity contribution in [3.63, 3.8) is 0 Å². The van der Waals surface area contributed by atoms with Crippen LogP contribution in [0.3, 0.4) is 0 Å². The van der Waals surface area contributed by atoms with Gasteiger partial charge in [0.25, 0.3) is 0 Å². The number of hydrogen-bond acceptors (Lipinski definition) is 4. The highest BCUT2D eigenvalue weighted by atomic mass is 16.1. The molecule has 0 unspecified atom stereocenters. The van der Waals surface area contributed by atoms with Crippen molar-refractivity contribution in [2.24, 2.45) is 7.05 Å². The zero-order chi connectivity index (χ0) is 16.4. The van der Waals surface area contributed by atoms with Crippen molar-refractivity contribution in [3.8, 4) is 5.69 Å². The van der Waals surface area contributed by atoms with Crippen LogP contribution in [0.4, 0.5) is 0 Å². The van der Waals surface area contributed by atoms with E-state index < -0.39 is 0 Å². The molecule has 23 heavy (non-hydrogen) atoms. The number of carbonyl (C=O) groups is 1. The van der Waals surface area contributed by atoms with Gasteiger partial charge in [-0.2, -0.15) is 5.10 Å². The molecule has 116 valence electrons. The Balaban J connectivity index is 1.87. The molecule has 6 nitrogen and oxygen atoms in total. The van der Waals surface area contributed by atoms with Gasteiger partial charge in [-0.1, -0.05) is 22.9 Å². The van der Waals surface area contributed by atoms with Gasteiger partial charge in [0.2, 0.25) is 5.78 Å². The molecular formula is C17H17N5O. The van der Waals surface area contributed by atoms with Crippen molar-refractivity contribution in [2.45, 2.75) is 13.8 Å². The van der Waals surface area contributed by atoms with Crippen LogP contribution in [0.5, 0.6) is 0 Å². The number of aryl methyl sites for hydroxylation is 2.